The molecule has 0 unspecified atom stereocenters. The standard InChI is InChI=1S/C20H32O2/c1-3-4-5-6-7-8-9-10-11-14-18-17-19(18)15-12-13-16-20(21)22-2/h7-8,10-11H,3-6,9,12-17H2,1-2H3/b8-7-,11-10-. The molecule has 0 radical (unpaired) electrons. The summed E-state index contributed by atoms with van der Waals surface area (Å²) in [7, 11) is 1.45. The van der Waals surface area contributed by atoms with Crippen LogP contribution in [0.15, 0.2) is 35.5 Å². The molecule has 0 spiro atoms. The Kier molecular flexibility index (Phi) is 10.4. The van der Waals surface area contributed by atoms with Crippen LogP contribution in [-0.4, -0.2) is 13.1 Å². The SMILES string of the molecule is CCCCC/C=C\C/C=C\CC1=C(CCCCC(=O)OC)C1. The molecule has 0 saturated carbocycles. The van der Waals surface area contributed by atoms with E-state index >= 15 is 0 Å². The second-order valence-corrected chi connectivity index (χ2v) is 6.05. The molecule has 124 valence electrons. The monoisotopic (exact) mass is 304 g/mol. The quantitative estimate of drug-likeness (QED) is 0.241. The second-order valence-electron chi connectivity index (χ2n) is 6.05. The molecule has 0 N–H and O–H groups in total. The lowest BCUT2D eigenvalue weighted by atomic mass is 10.1. The maximum atomic E-state index is 11.0. The van der Waals surface area contributed by atoms with E-state index in [-0.39, 0.29) is 5.97 Å². The van der Waals surface area contributed by atoms with E-state index in [9.17, 15) is 4.79 Å². The Balaban J connectivity index is 1.98. The number of methoxy groups -OCH3 is 1. The molecule has 0 fully saturated rings. The number of hydrogen-bond acceptors (Lipinski definition) is 2. The van der Waals surface area contributed by atoms with Gasteiger partial charge in [0.25, 0.3) is 0 Å². The lowest BCUT2D eigenvalue weighted by molar-refractivity contribution is -0.140. The summed E-state index contributed by atoms with van der Waals surface area (Å²) in [5.74, 6) is -0.0873. The summed E-state index contributed by atoms with van der Waals surface area (Å²) >= 11 is 0. The molecule has 2 nitrogen and oxygen atoms in total. The average Bonchev–Trinajstić information content (AvgIpc) is 3.28. The minimum Gasteiger partial charge on any atom is -0.469 e. The number of hydrogen-bond donors (Lipinski definition) is 0. The number of unbranched alkanes of at least 4 members (excludes halogenated alkanes) is 4. The van der Waals surface area contributed by atoms with Crippen molar-refractivity contribution in [2.45, 2.75) is 77.6 Å². The molecule has 1 rings (SSSR count). The summed E-state index contributed by atoms with van der Waals surface area (Å²) in [5, 5.41) is 0. The lowest BCUT2D eigenvalue weighted by Gasteiger charge is -1.97. The normalized spacial score (nSPS) is 14.3. The first kappa shape index (κ1) is 18.7. The number of allylic oxidation sites excluding steroid dienone is 6. The van der Waals surface area contributed by atoms with E-state index < -0.39 is 0 Å². The number of rotatable bonds is 13. The molecule has 0 aromatic carbocycles. The summed E-state index contributed by atoms with van der Waals surface area (Å²) in [4.78, 5) is 11.0. The first-order valence-corrected chi connectivity index (χ1v) is 8.84. The predicted octanol–water partition coefficient (Wildman–Crippen LogP) is 5.89. The van der Waals surface area contributed by atoms with Gasteiger partial charge in [-0.05, 0) is 51.4 Å². The highest BCUT2D eigenvalue weighted by Gasteiger charge is 2.18. The van der Waals surface area contributed by atoms with Crippen LogP contribution in [0, 0.1) is 0 Å². The predicted molar refractivity (Wildman–Crippen MR) is 93.8 cm³/mol. The van der Waals surface area contributed by atoms with Crippen molar-refractivity contribution in [3.63, 3.8) is 0 Å². The third-order valence-corrected chi connectivity index (χ3v) is 4.08. The van der Waals surface area contributed by atoms with Crippen molar-refractivity contribution in [1.29, 1.82) is 0 Å². The molecule has 0 saturated heterocycles. The van der Waals surface area contributed by atoms with Gasteiger partial charge in [0.2, 0.25) is 0 Å². The Hall–Kier alpha value is -1.31. The van der Waals surface area contributed by atoms with E-state index in [0.717, 1.165) is 32.1 Å². The molecule has 0 heterocycles. The summed E-state index contributed by atoms with van der Waals surface area (Å²) in [6, 6.07) is 0. The molecule has 1 aliphatic carbocycles. The van der Waals surface area contributed by atoms with Crippen molar-refractivity contribution in [2.75, 3.05) is 7.11 Å². The van der Waals surface area contributed by atoms with E-state index in [1.54, 1.807) is 11.1 Å². The van der Waals surface area contributed by atoms with Gasteiger partial charge in [-0.2, -0.15) is 0 Å². The Bertz CT molecular complexity index is 402. The molecule has 0 amide bonds. The zero-order chi connectivity index (χ0) is 16.0. The van der Waals surface area contributed by atoms with Gasteiger partial charge in [0.05, 0.1) is 7.11 Å². The van der Waals surface area contributed by atoms with Gasteiger partial charge in [0.1, 0.15) is 0 Å². The first-order valence-electron chi connectivity index (χ1n) is 8.84. The molecule has 1 aliphatic rings. The van der Waals surface area contributed by atoms with Crippen LogP contribution in [0.25, 0.3) is 0 Å². The van der Waals surface area contributed by atoms with Gasteiger partial charge >= 0.3 is 5.97 Å². The van der Waals surface area contributed by atoms with Gasteiger partial charge in [-0.15, -0.1) is 0 Å². The molecule has 0 aromatic heterocycles. The van der Waals surface area contributed by atoms with Crippen molar-refractivity contribution in [2.24, 2.45) is 0 Å². The number of carbonyl (C=O) groups is 1. The highest BCUT2D eigenvalue weighted by Crippen LogP contribution is 2.37. The fourth-order valence-corrected chi connectivity index (χ4v) is 2.53. The van der Waals surface area contributed by atoms with E-state index in [4.69, 9.17) is 0 Å². The van der Waals surface area contributed by atoms with Crippen LogP contribution in [0.4, 0.5) is 0 Å². The van der Waals surface area contributed by atoms with E-state index in [1.807, 2.05) is 0 Å². The smallest absolute Gasteiger partial charge is 0.305 e. The summed E-state index contributed by atoms with van der Waals surface area (Å²) in [6.07, 6.45) is 21.5. The largest absolute Gasteiger partial charge is 0.469 e. The van der Waals surface area contributed by atoms with Crippen molar-refractivity contribution in [1.82, 2.24) is 0 Å². The molecule has 0 aromatic rings. The third kappa shape index (κ3) is 9.59. The van der Waals surface area contributed by atoms with E-state index in [1.165, 1.54) is 39.2 Å². The van der Waals surface area contributed by atoms with Gasteiger partial charge in [-0.1, -0.05) is 55.2 Å². The van der Waals surface area contributed by atoms with Crippen molar-refractivity contribution < 1.29 is 9.53 Å². The molecule has 0 atom stereocenters. The van der Waals surface area contributed by atoms with Crippen LogP contribution in [-0.2, 0) is 9.53 Å². The molecular formula is C20H32O2. The fourth-order valence-electron chi connectivity index (χ4n) is 2.53. The Morgan fingerprint density at radius 1 is 1.05 bits per heavy atom. The maximum Gasteiger partial charge on any atom is 0.305 e. The zero-order valence-corrected chi connectivity index (χ0v) is 14.4. The maximum absolute atomic E-state index is 11.0. The van der Waals surface area contributed by atoms with Crippen LogP contribution < -0.4 is 0 Å². The third-order valence-electron chi connectivity index (χ3n) is 4.08. The minimum atomic E-state index is -0.0873. The summed E-state index contributed by atoms with van der Waals surface area (Å²) in [5.41, 5.74) is 3.23. The Labute approximate surface area is 136 Å². The van der Waals surface area contributed by atoms with E-state index in [2.05, 4.69) is 36.0 Å². The van der Waals surface area contributed by atoms with Gasteiger partial charge in [-0.25, -0.2) is 0 Å². The lowest BCUT2D eigenvalue weighted by Crippen LogP contribution is -1.98. The van der Waals surface area contributed by atoms with Crippen molar-refractivity contribution in [3.05, 3.63) is 35.5 Å². The van der Waals surface area contributed by atoms with Crippen molar-refractivity contribution >= 4 is 5.97 Å². The zero-order valence-electron chi connectivity index (χ0n) is 14.4. The molecule has 22 heavy (non-hydrogen) atoms. The van der Waals surface area contributed by atoms with Gasteiger partial charge in [0.15, 0.2) is 0 Å². The number of carbonyl (C=O) groups excluding carboxylic acids is 1. The second kappa shape index (κ2) is 12.3. The Morgan fingerprint density at radius 2 is 1.86 bits per heavy atom. The van der Waals surface area contributed by atoms with Crippen LogP contribution in [0.1, 0.15) is 77.6 Å². The van der Waals surface area contributed by atoms with Crippen LogP contribution in [0.2, 0.25) is 0 Å². The molecule has 0 bridgehead atoms. The van der Waals surface area contributed by atoms with E-state index in [0.29, 0.717) is 6.42 Å². The summed E-state index contributed by atoms with van der Waals surface area (Å²) in [6.45, 7) is 2.24. The minimum absolute atomic E-state index is 0.0873. The number of esters is 1. The molecule has 0 aliphatic heterocycles. The van der Waals surface area contributed by atoms with Crippen LogP contribution in [0.5, 0.6) is 0 Å². The highest BCUT2D eigenvalue weighted by molar-refractivity contribution is 5.68. The highest BCUT2D eigenvalue weighted by atomic mass is 16.5. The Morgan fingerprint density at radius 3 is 2.64 bits per heavy atom. The van der Waals surface area contributed by atoms with Crippen molar-refractivity contribution in [3.8, 4) is 0 Å². The first-order chi connectivity index (χ1) is 10.8. The molecular weight excluding hydrogens is 272 g/mol. The van der Waals surface area contributed by atoms with Crippen LogP contribution >= 0.6 is 0 Å². The van der Waals surface area contributed by atoms with Crippen LogP contribution in [0.3, 0.4) is 0 Å². The molecule has 2 heteroatoms. The van der Waals surface area contributed by atoms with Gasteiger partial charge < -0.3 is 4.74 Å². The fraction of sp³-hybridized carbons (Fsp3) is 0.650. The average molecular weight is 304 g/mol. The van der Waals surface area contributed by atoms with Gasteiger partial charge in [0, 0.05) is 6.42 Å². The van der Waals surface area contributed by atoms with Gasteiger partial charge in [-0.3, -0.25) is 4.79 Å². The number of ether oxygens (including phenoxy) is 1. The summed E-state index contributed by atoms with van der Waals surface area (Å²) < 4.78 is 4.64. The topological polar surface area (TPSA) is 26.3 Å².